The summed E-state index contributed by atoms with van der Waals surface area (Å²) in [6.07, 6.45) is 4.44. The van der Waals surface area contributed by atoms with Gasteiger partial charge in [-0.05, 0) is 18.9 Å². The topological polar surface area (TPSA) is 52.0 Å². The highest BCUT2D eigenvalue weighted by Crippen LogP contribution is 2.18. The van der Waals surface area contributed by atoms with Gasteiger partial charge in [-0.2, -0.15) is 0 Å². The van der Waals surface area contributed by atoms with E-state index in [1.54, 1.807) is 22.9 Å². The molecule has 1 aliphatic carbocycles. The molecule has 0 aliphatic heterocycles. The van der Waals surface area contributed by atoms with Crippen LogP contribution >= 0.6 is 0 Å². The van der Waals surface area contributed by atoms with Crippen molar-refractivity contribution in [2.75, 3.05) is 6.61 Å². The Bertz CT molecular complexity index is 583. The first-order valence-corrected chi connectivity index (χ1v) is 7.25. The molecular formula is C15H19FN4O. The van der Waals surface area contributed by atoms with E-state index in [9.17, 15) is 4.39 Å². The smallest absolute Gasteiger partial charge is 0.128 e. The molecule has 6 heteroatoms. The van der Waals surface area contributed by atoms with Gasteiger partial charge in [0, 0.05) is 24.3 Å². The van der Waals surface area contributed by atoms with Gasteiger partial charge >= 0.3 is 0 Å². The van der Waals surface area contributed by atoms with Gasteiger partial charge in [0.15, 0.2) is 0 Å². The van der Waals surface area contributed by atoms with E-state index in [1.807, 2.05) is 6.20 Å². The molecule has 0 unspecified atom stereocenters. The molecule has 0 spiro atoms. The Morgan fingerprint density at radius 2 is 2.19 bits per heavy atom. The number of halogens is 1. The summed E-state index contributed by atoms with van der Waals surface area (Å²) >= 11 is 0. The van der Waals surface area contributed by atoms with Crippen molar-refractivity contribution in [1.82, 2.24) is 20.3 Å². The zero-order valence-electron chi connectivity index (χ0n) is 11.8. The standard InChI is InChI=1S/C15H19FN4O/c16-15-4-2-1-3-12(15)11-21-8-7-20-10-14(18-19-20)9-17-13-5-6-13/h1-4,10,13,17H,5-9,11H2. The second-order valence-electron chi connectivity index (χ2n) is 5.27. The fourth-order valence-corrected chi connectivity index (χ4v) is 2.02. The minimum atomic E-state index is -0.230. The van der Waals surface area contributed by atoms with Crippen molar-refractivity contribution in [3.63, 3.8) is 0 Å². The van der Waals surface area contributed by atoms with Gasteiger partial charge in [0.25, 0.3) is 0 Å². The molecule has 0 atom stereocenters. The highest BCUT2D eigenvalue weighted by atomic mass is 19.1. The lowest BCUT2D eigenvalue weighted by molar-refractivity contribution is 0.108. The van der Waals surface area contributed by atoms with Crippen molar-refractivity contribution in [2.45, 2.75) is 38.6 Å². The maximum atomic E-state index is 13.4. The summed E-state index contributed by atoms with van der Waals surface area (Å²) in [6.45, 7) is 2.14. The summed E-state index contributed by atoms with van der Waals surface area (Å²) < 4.78 is 20.6. The van der Waals surface area contributed by atoms with Crippen LogP contribution in [0.2, 0.25) is 0 Å². The molecule has 5 nitrogen and oxygen atoms in total. The van der Waals surface area contributed by atoms with E-state index >= 15 is 0 Å². The zero-order chi connectivity index (χ0) is 14.5. The number of nitrogens with one attached hydrogen (secondary N) is 1. The van der Waals surface area contributed by atoms with E-state index in [-0.39, 0.29) is 12.4 Å². The molecule has 0 bridgehead atoms. The Balaban J connectivity index is 1.38. The Morgan fingerprint density at radius 3 is 3.00 bits per heavy atom. The SMILES string of the molecule is Fc1ccccc1COCCn1cc(CNC2CC2)nn1. The lowest BCUT2D eigenvalue weighted by Crippen LogP contribution is -2.15. The zero-order valence-corrected chi connectivity index (χ0v) is 11.8. The summed E-state index contributed by atoms with van der Waals surface area (Å²) in [6, 6.07) is 7.31. The van der Waals surface area contributed by atoms with Crippen molar-refractivity contribution in [2.24, 2.45) is 0 Å². The fourth-order valence-electron chi connectivity index (χ4n) is 2.02. The summed E-state index contributed by atoms with van der Waals surface area (Å²) in [5.41, 5.74) is 1.52. The van der Waals surface area contributed by atoms with E-state index in [1.165, 1.54) is 18.9 Å². The molecule has 112 valence electrons. The average Bonchev–Trinajstić information content (AvgIpc) is 3.22. The van der Waals surface area contributed by atoms with E-state index in [4.69, 9.17) is 4.74 Å². The largest absolute Gasteiger partial charge is 0.375 e. The van der Waals surface area contributed by atoms with Gasteiger partial charge in [-0.3, -0.25) is 0 Å². The van der Waals surface area contributed by atoms with Crippen LogP contribution in [0.15, 0.2) is 30.5 Å². The quantitative estimate of drug-likeness (QED) is 0.754. The Labute approximate surface area is 123 Å². The van der Waals surface area contributed by atoms with Crippen LogP contribution < -0.4 is 5.32 Å². The maximum Gasteiger partial charge on any atom is 0.128 e. The predicted molar refractivity (Wildman–Crippen MR) is 75.9 cm³/mol. The third-order valence-electron chi connectivity index (χ3n) is 3.42. The van der Waals surface area contributed by atoms with Crippen molar-refractivity contribution in [1.29, 1.82) is 0 Å². The van der Waals surface area contributed by atoms with Crippen molar-refractivity contribution in [3.05, 3.63) is 47.5 Å². The third-order valence-corrected chi connectivity index (χ3v) is 3.42. The van der Waals surface area contributed by atoms with Crippen molar-refractivity contribution >= 4 is 0 Å². The van der Waals surface area contributed by atoms with Gasteiger partial charge in [0.2, 0.25) is 0 Å². The molecule has 21 heavy (non-hydrogen) atoms. The van der Waals surface area contributed by atoms with Crippen molar-refractivity contribution in [3.8, 4) is 0 Å². The molecule has 1 N–H and O–H groups in total. The van der Waals surface area contributed by atoms with Crippen LogP contribution in [0.4, 0.5) is 4.39 Å². The highest BCUT2D eigenvalue weighted by Gasteiger charge is 2.20. The third kappa shape index (κ3) is 4.34. The van der Waals surface area contributed by atoms with Crippen LogP contribution in [0, 0.1) is 5.82 Å². The summed E-state index contributed by atoms with van der Waals surface area (Å²) in [7, 11) is 0. The fraction of sp³-hybridized carbons (Fsp3) is 0.467. The molecule has 1 aromatic carbocycles. The predicted octanol–water partition coefficient (Wildman–Crippen LogP) is 1.89. The minimum Gasteiger partial charge on any atom is -0.375 e. The Hall–Kier alpha value is -1.79. The molecule has 0 saturated heterocycles. The van der Waals surface area contributed by atoms with Crippen molar-refractivity contribution < 1.29 is 9.13 Å². The van der Waals surface area contributed by atoms with E-state index in [0.717, 1.165) is 12.2 Å². The van der Waals surface area contributed by atoms with Crippen LogP contribution in [-0.4, -0.2) is 27.6 Å². The number of hydrogen-bond acceptors (Lipinski definition) is 4. The molecule has 3 rings (SSSR count). The molecule has 1 aromatic heterocycles. The second-order valence-corrected chi connectivity index (χ2v) is 5.27. The van der Waals surface area contributed by atoms with Crippen LogP contribution in [-0.2, 0) is 24.4 Å². The maximum absolute atomic E-state index is 13.4. The summed E-state index contributed by atoms with van der Waals surface area (Å²) in [5, 5.41) is 11.5. The Morgan fingerprint density at radius 1 is 1.33 bits per heavy atom. The van der Waals surface area contributed by atoms with Gasteiger partial charge in [-0.15, -0.1) is 5.10 Å². The van der Waals surface area contributed by atoms with Gasteiger partial charge in [-0.1, -0.05) is 23.4 Å². The lowest BCUT2D eigenvalue weighted by Gasteiger charge is -2.05. The first kappa shape index (κ1) is 14.2. The molecule has 0 radical (unpaired) electrons. The van der Waals surface area contributed by atoms with Crippen LogP contribution in [0.3, 0.4) is 0 Å². The summed E-state index contributed by atoms with van der Waals surface area (Å²) in [5.74, 6) is -0.230. The monoisotopic (exact) mass is 290 g/mol. The van der Waals surface area contributed by atoms with Crippen LogP contribution in [0.25, 0.3) is 0 Å². The number of rotatable bonds is 8. The van der Waals surface area contributed by atoms with E-state index in [0.29, 0.717) is 24.8 Å². The minimum absolute atomic E-state index is 0.230. The number of ether oxygens (including phenoxy) is 1. The molecule has 1 saturated carbocycles. The van der Waals surface area contributed by atoms with E-state index < -0.39 is 0 Å². The first-order valence-electron chi connectivity index (χ1n) is 7.25. The number of benzene rings is 1. The normalized spacial score (nSPS) is 14.5. The van der Waals surface area contributed by atoms with Gasteiger partial charge in [0.1, 0.15) is 5.82 Å². The first-order chi connectivity index (χ1) is 10.3. The highest BCUT2D eigenvalue weighted by molar-refractivity contribution is 5.16. The van der Waals surface area contributed by atoms with Gasteiger partial charge < -0.3 is 10.1 Å². The molecule has 0 amide bonds. The summed E-state index contributed by atoms with van der Waals surface area (Å²) in [4.78, 5) is 0. The Kier molecular flexibility index (Phi) is 4.57. The average molecular weight is 290 g/mol. The molecular weight excluding hydrogens is 271 g/mol. The van der Waals surface area contributed by atoms with Gasteiger partial charge in [-0.25, -0.2) is 9.07 Å². The molecule has 2 aromatic rings. The number of nitrogens with zero attached hydrogens (tertiary/aromatic N) is 3. The number of aromatic nitrogens is 3. The van der Waals surface area contributed by atoms with E-state index in [2.05, 4.69) is 15.6 Å². The number of hydrogen-bond donors (Lipinski definition) is 1. The van der Waals surface area contributed by atoms with Crippen LogP contribution in [0.1, 0.15) is 24.1 Å². The molecule has 1 fully saturated rings. The van der Waals surface area contributed by atoms with Crippen LogP contribution in [0.5, 0.6) is 0 Å². The van der Waals surface area contributed by atoms with Gasteiger partial charge in [0.05, 0.1) is 25.5 Å². The second kappa shape index (κ2) is 6.78. The lowest BCUT2D eigenvalue weighted by atomic mass is 10.2. The molecule has 1 aliphatic rings. The molecule has 1 heterocycles.